The number of H-pyrrole nitrogens is 1. The van der Waals surface area contributed by atoms with Crippen LogP contribution in [0.2, 0.25) is 0 Å². The first-order chi connectivity index (χ1) is 11.8. The normalized spacial score (nSPS) is 15.5. The fourth-order valence-electron chi connectivity index (χ4n) is 3.05. The number of nitrogens with zero attached hydrogens (tertiary/aromatic N) is 2. The lowest BCUT2D eigenvalue weighted by molar-refractivity contribution is 0.0853. The fourth-order valence-corrected chi connectivity index (χ4v) is 3.05. The molecule has 1 aromatic carbocycles. The van der Waals surface area contributed by atoms with E-state index in [0.717, 1.165) is 37.3 Å². The largest absolute Gasteiger partial charge is 0.381 e. The highest BCUT2D eigenvalue weighted by Gasteiger charge is 2.16. The van der Waals surface area contributed by atoms with Gasteiger partial charge in [-0.05, 0) is 48.6 Å². The van der Waals surface area contributed by atoms with Crippen molar-refractivity contribution in [2.24, 2.45) is 0 Å². The Bertz CT molecular complexity index is 868. The van der Waals surface area contributed by atoms with Crippen molar-refractivity contribution in [3.63, 3.8) is 0 Å². The molecule has 2 N–H and O–H groups in total. The van der Waals surface area contributed by atoms with Gasteiger partial charge in [0.1, 0.15) is 11.2 Å². The van der Waals surface area contributed by atoms with Crippen molar-refractivity contribution in [3.8, 4) is 0 Å². The molecule has 0 aliphatic carbocycles. The molecule has 0 unspecified atom stereocenters. The summed E-state index contributed by atoms with van der Waals surface area (Å²) in [4.78, 5) is 16.8. The molecule has 0 radical (unpaired) electrons. The highest BCUT2D eigenvalue weighted by molar-refractivity contribution is 6.03. The molecular formula is C18H18N4O2. The van der Waals surface area contributed by atoms with Crippen LogP contribution in [0.15, 0.2) is 42.6 Å². The van der Waals surface area contributed by atoms with Crippen LogP contribution >= 0.6 is 0 Å². The molecule has 24 heavy (non-hydrogen) atoms. The van der Waals surface area contributed by atoms with Gasteiger partial charge in [-0.3, -0.25) is 9.89 Å². The summed E-state index contributed by atoms with van der Waals surface area (Å²) in [6, 6.07) is 11.5. The summed E-state index contributed by atoms with van der Waals surface area (Å²) >= 11 is 0. The standard InChI is InChI=1S/C18H18N4O2/c23-18(16-5-4-15-17(21-16)11-19-22-15)20-14-3-1-2-13(10-14)12-6-8-24-9-7-12/h1-5,10-12H,6-9H2,(H,19,22)(H,20,23). The first-order valence-electron chi connectivity index (χ1n) is 8.09. The Labute approximate surface area is 139 Å². The van der Waals surface area contributed by atoms with Crippen LogP contribution in [-0.4, -0.2) is 34.3 Å². The number of pyridine rings is 1. The van der Waals surface area contributed by atoms with Gasteiger partial charge >= 0.3 is 0 Å². The number of amides is 1. The second-order valence-corrected chi connectivity index (χ2v) is 5.97. The molecule has 1 aliphatic heterocycles. The van der Waals surface area contributed by atoms with Gasteiger partial charge in [0.15, 0.2) is 0 Å². The van der Waals surface area contributed by atoms with Gasteiger partial charge in [0, 0.05) is 18.9 Å². The Hall–Kier alpha value is -2.73. The van der Waals surface area contributed by atoms with Crippen LogP contribution in [-0.2, 0) is 4.74 Å². The summed E-state index contributed by atoms with van der Waals surface area (Å²) < 4.78 is 5.42. The van der Waals surface area contributed by atoms with Crippen LogP contribution in [0, 0.1) is 0 Å². The third-order valence-electron chi connectivity index (χ3n) is 4.37. The Morgan fingerprint density at radius 2 is 2.08 bits per heavy atom. The summed E-state index contributed by atoms with van der Waals surface area (Å²) in [6.45, 7) is 1.60. The zero-order valence-corrected chi connectivity index (χ0v) is 13.2. The molecule has 1 aliphatic rings. The number of fused-ring (bicyclic) bond motifs is 1. The lowest BCUT2D eigenvalue weighted by atomic mass is 9.91. The maximum Gasteiger partial charge on any atom is 0.274 e. The maximum absolute atomic E-state index is 12.4. The smallest absolute Gasteiger partial charge is 0.274 e. The van der Waals surface area contributed by atoms with Crippen molar-refractivity contribution in [1.82, 2.24) is 15.2 Å². The Morgan fingerprint density at radius 3 is 2.96 bits per heavy atom. The Kier molecular flexibility index (Phi) is 3.96. The zero-order valence-electron chi connectivity index (χ0n) is 13.2. The summed E-state index contributed by atoms with van der Waals surface area (Å²) in [6.07, 6.45) is 3.66. The SMILES string of the molecule is O=C(Nc1cccc(C2CCOCC2)c1)c1ccc2[nH]ncc2n1. The number of aromatic nitrogens is 3. The molecule has 1 fully saturated rings. The minimum atomic E-state index is -0.220. The molecule has 1 saturated heterocycles. The van der Waals surface area contributed by atoms with Crippen molar-refractivity contribution < 1.29 is 9.53 Å². The van der Waals surface area contributed by atoms with Crippen LogP contribution in [0.1, 0.15) is 34.8 Å². The number of hydrogen-bond donors (Lipinski definition) is 2. The molecule has 3 heterocycles. The van der Waals surface area contributed by atoms with Gasteiger partial charge in [-0.2, -0.15) is 5.10 Å². The van der Waals surface area contributed by atoms with E-state index in [1.165, 1.54) is 5.56 Å². The topological polar surface area (TPSA) is 79.9 Å². The number of nitrogens with one attached hydrogen (secondary N) is 2. The van der Waals surface area contributed by atoms with E-state index in [1.54, 1.807) is 12.3 Å². The predicted octanol–water partition coefficient (Wildman–Crippen LogP) is 3.10. The second-order valence-electron chi connectivity index (χ2n) is 5.97. The van der Waals surface area contributed by atoms with Gasteiger partial charge in [-0.1, -0.05) is 12.1 Å². The molecule has 6 heteroatoms. The summed E-state index contributed by atoms with van der Waals surface area (Å²) in [7, 11) is 0. The van der Waals surface area contributed by atoms with Crippen molar-refractivity contribution >= 4 is 22.6 Å². The van der Waals surface area contributed by atoms with Crippen molar-refractivity contribution in [3.05, 3.63) is 53.9 Å². The third-order valence-corrected chi connectivity index (χ3v) is 4.37. The number of ether oxygens (including phenoxy) is 1. The van der Waals surface area contributed by atoms with Gasteiger partial charge in [-0.25, -0.2) is 4.98 Å². The van der Waals surface area contributed by atoms with Crippen molar-refractivity contribution in [1.29, 1.82) is 0 Å². The minimum absolute atomic E-state index is 0.220. The molecular weight excluding hydrogens is 304 g/mol. The molecule has 0 atom stereocenters. The van der Waals surface area contributed by atoms with E-state index in [4.69, 9.17) is 4.74 Å². The number of hydrogen-bond acceptors (Lipinski definition) is 4. The quantitative estimate of drug-likeness (QED) is 0.776. The predicted molar refractivity (Wildman–Crippen MR) is 91.1 cm³/mol. The van der Waals surface area contributed by atoms with Crippen LogP contribution in [0.4, 0.5) is 5.69 Å². The highest BCUT2D eigenvalue weighted by atomic mass is 16.5. The van der Waals surface area contributed by atoms with Crippen molar-refractivity contribution in [2.45, 2.75) is 18.8 Å². The van der Waals surface area contributed by atoms with E-state index in [9.17, 15) is 4.79 Å². The number of aromatic amines is 1. The lowest BCUT2D eigenvalue weighted by Gasteiger charge is -2.22. The van der Waals surface area contributed by atoms with Gasteiger partial charge in [-0.15, -0.1) is 0 Å². The van der Waals surface area contributed by atoms with E-state index in [2.05, 4.69) is 26.6 Å². The first kappa shape index (κ1) is 14.8. The molecule has 0 spiro atoms. The van der Waals surface area contributed by atoms with Crippen molar-refractivity contribution in [2.75, 3.05) is 18.5 Å². The molecule has 1 amide bonds. The molecule has 6 nitrogen and oxygen atoms in total. The van der Waals surface area contributed by atoms with Gasteiger partial charge in [0.05, 0.1) is 11.7 Å². The minimum Gasteiger partial charge on any atom is -0.381 e. The number of anilines is 1. The van der Waals surface area contributed by atoms with Gasteiger partial charge in [0.25, 0.3) is 5.91 Å². The molecule has 3 aromatic rings. The monoisotopic (exact) mass is 322 g/mol. The summed E-state index contributed by atoms with van der Waals surface area (Å²) in [5, 5.41) is 9.68. The molecule has 122 valence electrons. The average Bonchev–Trinajstić information content (AvgIpc) is 3.10. The van der Waals surface area contributed by atoms with Crippen LogP contribution in [0.25, 0.3) is 11.0 Å². The Balaban J connectivity index is 1.52. The number of rotatable bonds is 3. The maximum atomic E-state index is 12.4. The highest BCUT2D eigenvalue weighted by Crippen LogP contribution is 2.28. The number of benzene rings is 1. The summed E-state index contributed by atoms with van der Waals surface area (Å²) in [5.41, 5.74) is 3.90. The molecule has 4 rings (SSSR count). The average molecular weight is 322 g/mol. The van der Waals surface area contributed by atoms with Crippen LogP contribution < -0.4 is 5.32 Å². The Morgan fingerprint density at radius 1 is 1.21 bits per heavy atom. The lowest BCUT2D eigenvalue weighted by Crippen LogP contribution is -2.16. The van der Waals surface area contributed by atoms with E-state index in [1.807, 2.05) is 24.3 Å². The van der Waals surface area contributed by atoms with Gasteiger partial charge in [0.2, 0.25) is 0 Å². The van der Waals surface area contributed by atoms with Crippen LogP contribution in [0.5, 0.6) is 0 Å². The first-order valence-corrected chi connectivity index (χ1v) is 8.09. The summed E-state index contributed by atoms with van der Waals surface area (Å²) in [5.74, 6) is 0.276. The molecule has 2 aromatic heterocycles. The van der Waals surface area contributed by atoms with E-state index in [0.29, 0.717) is 17.1 Å². The zero-order chi connectivity index (χ0) is 16.4. The van der Waals surface area contributed by atoms with E-state index >= 15 is 0 Å². The molecule has 0 saturated carbocycles. The fraction of sp³-hybridized carbons (Fsp3) is 0.278. The van der Waals surface area contributed by atoms with E-state index < -0.39 is 0 Å². The molecule has 0 bridgehead atoms. The number of carbonyl (C=O) groups is 1. The van der Waals surface area contributed by atoms with E-state index in [-0.39, 0.29) is 5.91 Å². The van der Waals surface area contributed by atoms with Crippen LogP contribution in [0.3, 0.4) is 0 Å². The van der Waals surface area contributed by atoms with Gasteiger partial charge < -0.3 is 10.1 Å². The number of carbonyl (C=O) groups excluding carboxylic acids is 1. The third kappa shape index (κ3) is 3.00. The second kappa shape index (κ2) is 6.41.